The van der Waals surface area contributed by atoms with E-state index in [-0.39, 0.29) is 16.3 Å². The number of hydrogen-bond donors (Lipinski definition) is 0. The fourth-order valence-electron chi connectivity index (χ4n) is 3.55. The van der Waals surface area contributed by atoms with E-state index in [2.05, 4.69) is 14.8 Å². The second-order valence-corrected chi connectivity index (χ2v) is 9.88. The number of halogens is 2. The summed E-state index contributed by atoms with van der Waals surface area (Å²) in [6, 6.07) is 13.9. The summed E-state index contributed by atoms with van der Waals surface area (Å²) in [5.74, 6) is -3.60. The number of nitrogens with zero attached hydrogens (tertiary/aromatic N) is 5. The topological polar surface area (TPSA) is 80.0 Å². The van der Waals surface area contributed by atoms with Crippen molar-refractivity contribution in [2.45, 2.75) is 10.8 Å². The predicted molar refractivity (Wildman–Crippen MR) is 123 cm³/mol. The Morgan fingerprint density at radius 3 is 2.64 bits per heavy atom. The van der Waals surface area contributed by atoms with Crippen LogP contribution in [0.5, 0.6) is 0 Å². The van der Waals surface area contributed by atoms with Gasteiger partial charge in [0.05, 0.1) is 10.4 Å². The lowest BCUT2D eigenvalue weighted by Gasteiger charge is -2.24. The number of pyridine rings is 1. The van der Waals surface area contributed by atoms with Gasteiger partial charge in [-0.2, -0.15) is 8.78 Å². The maximum Gasteiger partial charge on any atom is 0.394 e. The SMILES string of the molecule is CN(C)S(=O)(=O)c1cccc(C2=NN3C(=[N+]=C3C(F)(F)c3ccc4ncccc4c3)C=C2)c1. The van der Waals surface area contributed by atoms with Crippen molar-refractivity contribution in [1.29, 1.82) is 0 Å². The van der Waals surface area contributed by atoms with Crippen molar-refractivity contribution in [2.75, 3.05) is 14.1 Å². The van der Waals surface area contributed by atoms with Gasteiger partial charge in [-0.3, -0.25) is 4.98 Å². The van der Waals surface area contributed by atoms with E-state index >= 15 is 8.78 Å². The molecule has 3 heterocycles. The molecule has 0 saturated heterocycles. The number of allylic oxidation sites excluding steroid dienone is 1. The first-order valence-corrected chi connectivity index (χ1v) is 11.4. The van der Waals surface area contributed by atoms with Crippen molar-refractivity contribution in [3.63, 3.8) is 0 Å². The van der Waals surface area contributed by atoms with Crippen LogP contribution in [0.25, 0.3) is 10.9 Å². The molecule has 0 radical (unpaired) electrons. The Morgan fingerprint density at radius 2 is 1.85 bits per heavy atom. The summed E-state index contributed by atoms with van der Waals surface area (Å²) in [6.45, 7) is 0. The van der Waals surface area contributed by atoms with Gasteiger partial charge in [0.1, 0.15) is 5.71 Å². The fourth-order valence-corrected chi connectivity index (χ4v) is 4.50. The molecule has 0 saturated carbocycles. The molecule has 0 bridgehead atoms. The van der Waals surface area contributed by atoms with E-state index in [9.17, 15) is 8.42 Å². The molecule has 2 aromatic carbocycles. The first kappa shape index (κ1) is 21.1. The Bertz CT molecular complexity index is 1540. The van der Waals surface area contributed by atoms with E-state index in [0.29, 0.717) is 22.2 Å². The van der Waals surface area contributed by atoms with Crippen molar-refractivity contribution in [2.24, 2.45) is 5.10 Å². The van der Waals surface area contributed by atoms with Crippen LogP contribution in [0.1, 0.15) is 11.1 Å². The highest BCUT2D eigenvalue weighted by Crippen LogP contribution is 2.34. The molecule has 0 spiro atoms. The van der Waals surface area contributed by atoms with Crippen LogP contribution in [0.3, 0.4) is 0 Å². The average molecular weight is 466 g/mol. The molecular weight excluding hydrogens is 448 g/mol. The molecule has 0 aliphatic carbocycles. The second-order valence-electron chi connectivity index (χ2n) is 7.72. The Hall–Kier alpha value is -3.72. The zero-order valence-electron chi connectivity index (χ0n) is 17.6. The third kappa shape index (κ3) is 3.45. The summed E-state index contributed by atoms with van der Waals surface area (Å²) < 4.78 is 60.7. The molecule has 7 nitrogen and oxygen atoms in total. The summed E-state index contributed by atoms with van der Waals surface area (Å²) in [5.41, 5.74) is 1.24. The van der Waals surface area contributed by atoms with Gasteiger partial charge in [-0.1, -0.05) is 29.3 Å². The minimum Gasteiger partial charge on any atom is -0.256 e. The first-order valence-electron chi connectivity index (χ1n) is 9.97. The first-order chi connectivity index (χ1) is 15.7. The van der Waals surface area contributed by atoms with Crippen LogP contribution in [0, 0.1) is 0 Å². The molecule has 0 unspecified atom stereocenters. The molecule has 166 valence electrons. The maximum absolute atomic E-state index is 15.4. The number of hydrazone groups is 1. The van der Waals surface area contributed by atoms with Crippen LogP contribution in [0.4, 0.5) is 8.78 Å². The van der Waals surface area contributed by atoms with E-state index < -0.39 is 21.8 Å². The molecule has 3 aromatic rings. The lowest BCUT2D eigenvalue weighted by atomic mass is 10.0. The Kier molecular flexibility index (Phi) is 4.75. The largest absolute Gasteiger partial charge is 0.394 e. The van der Waals surface area contributed by atoms with Gasteiger partial charge in [0.2, 0.25) is 10.0 Å². The number of benzene rings is 2. The Morgan fingerprint density at radius 1 is 1.03 bits per heavy atom. The van der Waals surface area contributed by atoms with Gasteiger partial charge in [0, 0.05) is 42.9 Å². The Labute approximate surface area is 188 Å². The molecule has 0 amide bonds. The van der Waals surface area contributed by atoms with E-state index in [1.54, 1.807) is 48.7 Å². The van der Waals surface area contributed by atoms with Gasteiger partial charge in [-0.05, 0) is 36.4 Å². The smallest absolute Gasteiger partial charge is 0.256 e. The average Bonchev–Trinajstić information content (AvgIpc) is 2.79. The molecule has 0 fully saturated rings. The van der Waals surface area contributed by atoms with Crippen molar-refractivity contribution in [3.05, 3.63) is 84.1 Å². The fraction of sp³-hybridized carbons (Fsp3) is 0.130. The normalized spacial score (nSPS) is 15.7. The van der Waals surface area contributed by atoms with E-state index in [1.807, 2.05) is 0 Å². The van der Waals surface area contributed by atoms with Crippen molar-refractivity contribution in [3.8, 4) is 0 Å². The zero-order chi connectivity index (χ0) is 23.4. The zero-order valence-corrected chi connectivity index (χ0v) is 18.5. The van der Waals surface area contributed by atoms with Crippen LogP contribution < -0.4 is 4.67 Å². The molecule has 5 rings (SSSR count). The van der Waals surface area contributed by atoms with Crippen LogP contribution >= 0.6 is 0 Å². The monoisotopic (exact) mass is 466 g/mol. The van der Waals surface area contributed by atoms with Gasteiger partial charge in [0.15, 0.2) is 0 Å². The third-order valence-corrected chi connectivity index (χ3v) is 7.20. The molecule has 2 aliphatic heterocycles. The number of hydrogen-bond acceptors (Lipinski definition) is 5. The second kappa shape index (κ2) is 7.41. The summed E-state index contributed by atoms with van der Waals surface area (Å²) in [6.07, 6.45) is 4.79. The maximum atomic E-state index is 15.4. The number of sulfonamides is 1. The number of amidine groups is 2. The van der Waals surface area contributed by atoms with E-state index in [0.717, 1.165) is 9.31 Å². The molecule has 0 atom stereocenters. The predicted octanol–water partition coefficient (Wildman–Crippen LogP) is 2.73. The van der Waals surface area contributed by atoms with Crippen molar-refractivity contribution < 1.29 is 17.2 Å². The molecule has 33 heavy (non-hydrogen) atoms. The van der Waals surface area contributed by atoms with Crippen LogP contribution in [-0.2, 0) is 15.9 Å². The summed E-state index contributed by atoms with van der Waals surface area (Å²) in [5, 5.41) is 6.01. The van der Waals surface area contributed by atoms with Crippen LogP contribution in [-0.4, -0.2) is 54.2 Å². The summed E-state index contributed by atoms with van der Waals surface area (Å²) in [7, 11) is -0.771. The number of alkyl halides is 2. The quantitative estimate of drug-likeness (QED) is 0.542. The van der Waals surface area contributed by atoms with Crippen LogP contribution in [0.2, 0.25) is 0 Å². The highest BCUT2D eigenvalue weighted by molar-refractivity contribution is 7.89. The molecule has 0 N–H and O–H groups in total. The lowest BCUT2D eigenvalue weighted by Crippen LogP contribution is -2.53. The van der Waals surface area contributed by atoms with Crippen molar-refractivity contribution in [1.82, 2.24) is 19.0 Å². The molecular formula is C23H18F2N5O2S+. The minimum absolute atomic E-state index is 0.0866. The summed E-state index contributed by atoms with van der Waals surface area (Å²) in [4.78, 5) is 4.25. The van der Waals surface area contributed by atoms with Crippen molar-refractivity contribution >= 4 is 38.3 Å². The standard InChI is InChI=1S/C23H18F2N5O2S/c1-29(2)33(31,32)18-7-3-5-16(14-18)20-10-11-21-27-22(30(21)28-20)23(24,25)17-8-9-19-15(13-17)6-4-12-26-19/h3-14H,1-2H3/q+1. The highest BCUT2D eigenvalue weighted by Gasteiger charge is 2.55. The number of aromatic nitrogens is 1. The summed E-state index contributed by atoms with van der Waals surface area (Å²) >= 11 is 0. The van der Waals surface area contributed by atoms with Gasteiger partial charge < -0.3 is 0 Å². The number of fused-ring (bicyclic) bond motifs is 2. The van der Waals surface area contributed by atoms with Gasteiger partial charge in [-0.15, -0.1) is 5.10 Å². The lowest BCUT2D eigenvalue weighted by molar-refractivity contribution is 0.0627. The van der Waals surface area contributed by atoms with E-state index in [4.69, 9.17) is 0 Å². The minimum atomic E-state index is -3.65. The Balaban J connectivity index is 1.49. The van der Waals surface area contributed by atoms with Gasteiger partial charge >= 0.3 is 17.6 Å². The van der Waals surface area contributed by atoms with Gasteiger partial charge in [0.25, 0.3) is 0 Å². The highest BCUT2D eigenvalue weighted by atomic mass is 32.2. The third-order valence-electron chi connectivity index (χ3n) is 5.39. The van der Waals surface area contributed by atoms with Gasteiger partial charge in [-0.25, -0.2) is 17.4 Å². The van der Waals surface area contributed by atoms with Crippen LogP contribution in [0.15, 0.2) is 82.9 Å². The molecule has 10 heteroatoms. The molecule has 1 aromatic heterocycles. The number of rotatable bonds is 5. The van der Waals surface area contributed by atoms with E-state index in [1.165, 1.54) is 38.4 Å². The molecule has 2 aliphatic rings.